The van der Waals surface area contributed by atoms with E-state index in [0.717, 1.165) is 11.3 Å². The van der Waals surface area contributed by atoms with Gasteiger partial charge in [0.1, 0.15) is 5.75 Å². The molecule has 34 heavy (non-hydrogen) atoms. The van der Waals surface area contributed by atoms with Crippen LogP contribution >= 0.6 is 0 Å². The Morgan fingerprint density at radius 3 is 2.26 bits per heavy atom. The molecule has 0 atom stereocenters. The van der Waals surface area contributed by atoms with Crippen LogP contribution in [0.4, 0.5) is 17.1 Å². The van der Waals surface area contributed by atoms with Gasteiger partial charge < -0.3 is 29.7 Å². The maximum absolute atomic E-state index is 12.8. The summed E-state index contributed by atoms with van der Waals surface area (Å²) < 4.78 is 16.2. The van der Waals surface area contributed by atoms with E-state index in [4.69, 9.17) is 14.2 Å². The molecule has 8 heteroatoms. The van der Waals surface area contributed by atoms with E-state index in [1.807, 2.05) is 50.2 Å². The van der Waals surface area contributed by atoms with Crippen LogP contribution in [0.15, 0.2) is 60.7 Å². The highest BCUT2D eigenvalue weighted by molar-refractivity contribution is 6.04. The third-order valence-corrected chi connectivity index (χ3v) is 5.10. The summed E-state index contributed by atoms with van der Waals surface area (Å²) in [5.74, 6) is 0.605. The van der Waals surface area contributed by atoms with Gasteiger partial charge in [-0.3, -0.25) is 9.59 Å². The highest BCUT2D eigenvalue weighted by Crippen LogP contribution is 2.29. The summed E-state index contributed by atoms with van der Waals surface area (Å²) >= 11 is 0. The predicted molar refractivity (Wildman–Crippen MR) is 134 cm³/mol. The maximum Gasteiger partial charge on any atom is 0.262 e. The highest BCUT2D eigenvalue weighted by atomic mass is 16.5. The molecule has 0 bridgehead atoms. The second kappa shape index (κ2) is 11.1. The van der Waals surface area contributed by atoms with Crippen molar-refractivity contribution in [3.05, 3.63) is 71.8 Å². The lowest BCUT2D eigenvalue weighted by Crippen LogP contribution is -2.20. The average molecular weight is 464 g/mol. The fraction of sp³-hybridized carbons (Fsp3) is 0.231. The van der Waals surface area contributed by atoms with Gasteiger partial charge in [-0.15, -0.1) is 0 Å². The number of rotatable bonds is 9. The van der Waals surface area contributed by atoms with Crippen molar-refractivity contribution in [2.24, 2.45) is 0 Å². The predicted octanol–water partition coefficient (Wildman–Crippen LogP) is 4.35. The number of anilines is 3. The van der Waals surface area contributed by atoms with Crippen molar-refractivity contribution < 1.29 is 23.8 Å². The number of amides is 2. The zero-order valence-electron chi connectivity index (χ0n) is 20.0. The maximum atomic E-state index is 12.8. The second-order valence-electron chi connectivity index (χ2n) is 7.75. The summed E-state index contributed by atoms with van der Waals surface area (Å²) in [4.78, 5) is 27.1. The van der Waals surface area contributed by atoms with E-state index in [1.54, 1.807) is 36.4 Å². The number of carbonyl (C=O) groups excluding carboxylic acids is 2. The SMILES string of the molecule is COc1ccccc1NC(=O)COc1ccc(C(=O)Nc2ccc(N(C)C)c(C)c2)cc1OC. The first-order valence-corrected chi connectivity index (χ1v) is 10.7. The van der Waals surface area contributed by atoms with E-state index in [-0.39, 0.29) is 18.4 Å². The van der Waals surface area contributed by atoms with Crippen LogP contribution in [-0.4, -0.2) is 46.7 Å². The van der Waals surface area contributed by atoms with Crippen LogP contribution in [-0.2, 0) is 4.79 Å². The molecule has 178 valence electrons. The first kappa shape index (κ1) is 24.4. The molecule has 3 aromatic rings. The van der Waals surface area contributed by atoms with Crippen LogP contribution in [0.25, 0.3) is 0 Å². The number of nitrogens with zero attached hydrogens (tertiary/aromatic N) is 1. The van der Waals surface area contributed by atoms with Crippen molar-refractivity contribution >= 4 is 28.9 Å². The van der Waals surface area contributed by atoms with Crippen molar-refractivity contribution in [2.45, 2.75) is 6.92 Å². The largest absolute Gasteiger partial charge is 0.495 e. The summed E-state index contributed by atoms with van der Waals surface area (Å²) in [6, 6.07) is 17.6. The molecular formula is C26H29N3O5. The molecule has 0 fully saturated rings. The van der Waals surface area contributed by atoms with Crippen molar-refractivity contribution in [3.8, 4) is 17.2 Å². The van der Waals surface area contributed by atoms with E-state index in [9.17, 15) is 9.59 Å². The molecule has 0 radical (unpaired) electrons. The molecule has 0 heterocycles. The molecule has 0 unspecified atom stereocenters. The first-order valence-electron chi connectivity index (χ1n) is 10.7. The zero-order valence-corrected chi connectivity index (χ0v) is 20.0. The van der Waals surface area contributed by atoms with Gasteiger partial charge in [-0.1, -0.05) is 12.1 Å². The number of para-hydroxylation sites is 2. The molecule has 2 N–H and O–H groups in total. The Labute approximate surface area is 199 Å². The van der Waals surface area contributed by atoms with Gasteiger partial charge in [0.05, 0.1) is 19.9 Å². The third-order valence-electron chi connectivity index (χ3n) is 5.10. The molecule has 0 spiro atoms. The number of carbonyl (C=O) groups is 2. The Bertz CT molecular complexity index is 1180. The van der Waals surface area contributed by atoms with Crippen molar-refractivity contribution in [3.63, 3.8) is 0 Å². The summed E-state index contributed by atoms with van der Waals surface area (Å²) in [5.41, 5.74) is 3.77. The molecule has 0 aliphatic heterocycles. The van der Waals surface area contributed by atoms with Crippen molar-refractivity contribution in [2.75, 3.05) is 50.5 Å². The Hall–Kier alpha value is -4.20. The van der Waals surface area contributed by atoms with Crippen LogP contribution in [0.1, 0.15) is 15.9 Å². The molecule has 2 amide bonds. The van der Waals surface area contributed by atoms with E-state index in [0.29, 0.717) is 34.2 Å². The lowest BCUT2D eigenvalue weighted by atomic mass is 10.1. The number of nitrogens with one attached hydrogen (secondary N) is 2. The molecule has 3 aromatic carbocycles. The lowest BCUT2D eigenvalue weighted by molar-refractivity contribution is -0.118. The van der Waals surface area contributed by atoms with Gasteiger partial charge in [0.25, 0.3) is 11.8 Å². The van der Waals surface area contributed by atoms with Crippen LogP contribution < -0.4 is 29.7 Å². The molecule has 0 saturated carbocycles. The summed E-state index contributed by atoms with van der Waals surface area (Å²) in [6.45, 7) is 1.75. The summed E-state index contributed by atoms with van der Waals surface area (Å²) in [7, 11) is 6.95. The minimum Gasteiger partial charge on any atom is -0.495 e. The number of hydrogen-bond donors (Lipinski definition) is 2. The van der Waals surface area contributed by atoms with Gasteiger partial charge in [-0.05, 0) is 61.0 Å². The fourth-order valence-electron chi connectivity index (χ4n) is 3.44. The molecular weight excluding hydrogens is 434 g/mol. The number of aryl methyl sites for hydroxylation is 1. The Kier molecular flexibility index (Phi) is 7.97. The number of ether oxygens (including phenoxy) is 3. The Morgan fingerprint density at radius 2 is 1.59 bits per heavy atom. The van der Waals surface area contributed by atoms with Gasteiger partial charge >= 0.3 is 0 Å². The van der Waals surface area contributed by atoms with Crippen LogP contribution in [0.3, 0.4) is 0 Å². The van der Waals surface area contributed by atoms with Gasteiger partial charge in [0, 0.05) is 31.0 Å². The van der Waals surface area contributed by atoms with E-state index < -0.39 is 0 Å². The molecule has 3 rings (SSSR count). The summed E-state index contributed by atoms with van der Waals surface area (Å²) in [5, 5.41) is 5.64. The molecule has 0 aliphatic carbocycles. The third kappa shape index (κ3) is 5.98. The van der Waals surface area contributed by atoms with Gasteiger partial charge in [-0.2, -0.15) is 0 Å². The quantitative estimate of drug-likeness (QED) is 0.491. The minimum absolute atomic E-state index is 0.239. The Balaban J connectivity index is 1.65. The van der Waals surface area contributed by atoms with E-state index >= 15 is 0 Å². The number of methoxy groups -OCH3 is 2. The normalized spacial score (nSPS) is 10.3. The molecule has 0 aliphatic rings. The number of hydrogen-bond acceptors (Lipinski definition) is 6. The van der Waals surface area contributed by atoms with Crippen molar-refractivity contribution in [1.82, 2.24) is 0 Å². The van der Waals surface area contributed by atoms with Crippen LogP contribution in [0, 0.1) is 6.92 Å². The van der Waals surface area contributed by atoms with E-state index in [2.05, 4.69) is 10.6 Å². The molecule has 8 nitrogen and oxygen atoms in total. The van der Waals surface area contributed by atoms with Gasteiger partial charge in [-0.25, -0.2) is 0 Å². The van der Waals surface area contributed by atoms with Crippen LogP contribution in [0.5, 0.6) is 17.2 Å². The van der Waals surface area contributed by atoms with Crippen LogP contribution in [0.2, 0.25) is 0 Å². The topological polar surface area (TPSA) is 89.1 Å². The summed E-state index contributed by atoms with van der Waals surface area (Å²) in [6.07, 6.45) is 0. The smallest absolute Gasteiger partial charge is 0.262 e. The molecule has 0 saturated heterocycles. The Morgan fingerprint density at radius 1 is 0.853 bits per heavy atom. The standard InChI is InChI=1S/C26H29N3O5/c1-17-14-19(11-12-21(17)29(2)3)27-26(31)18-10-13-23(24(15-18)33-5)34-16-25(30)28-20-8-6-7-9-22(20)32-4/h6-15H,16H2,1-5H3,(H,27,31)(H,28,30). The van der Waals surface area contributed by atoms with Gasteiger partial charge in [0.2, 0.25) is 0 Å². The fourth-order valence-corrected chi connectivity index (χ4v) is 3.44. The average Bonchev–Trinajstić information content (AvgIpc) is 2.82. The monoisotopic (exact) mass is 463 g/mol. The number of benzene rings is 3. The van der Waals surface area contributed by atoms with Crippen molar-refractivity contribution in [1.29, 1.82) is 0 Å². The second-order valence-corrected chi connectivity index (χ2v) is 7.75. The zero-order chi connectivity index (χ0) is 24.7. The lowest BCUT2D eigenvalue weighted by Gasteiger charge is -2.17. The highest BCUT2D eigenvalue weighted by Gasteiger charge is 2.14. The van der Waals surface area contributed by atoms with Gasteiger partial charge in [0.15, 0.2) is 18.1 Å². The van der Waals surface area contributed by atoms with E-state index in [1.165, 1.54) is 14.2 Å². The molecule has 0 aromatic heterocycles. The first-order chi connectivity index (χ1) is 16.3. The minimum atomic E-state index is -0.357.